The van der Waals surface area contributed by atoms with Crippen molar-refractivity contribution in [3.8, 4) is 5.75 Å². The van der Waals surface area contributed by atoms with Crippen LogP contribution < -0.4 is 4.74 Å². The molecule has 1 aromatic heterocycles. The Bertz CT molecular complexity index is 1220. The van der Waals surface area contributed by atoms with Crippen LogP contribution in [0, 0.1) is 11.7 Å². The fourth-order valence-electron chi connectivity index (χ4n) is 4.34. The molecule has 1 atom stereocenters. The van der Waals surface area contributed by atoms with E-state index in [2.05, 4.69) is 0 Å². The molecular weight excluding hydrogens is 447 g/mol. The van der Waals surface area contributed by atoms with Gasteiger partial charge in [0.2, 0.25) is 5.91 Å². The topological polar surface area (TPSA) is 63.0 Å². The molecule has 2 amide bonds. The molecule has 1 aliphatic heterocycles. The van der Waals surface area contributed by atoms with Crippen LogP contribution in [0.2, 0.25) is 0 Å². The summed E-state index contributed by atoms with van der Waals surface area (Å²) >= 11 is 0. The zero-order valence-corrected chi connectivity index (χ0v) is 20.6. The summed E-state index contributed by atoms with van der Waals surface area (Å²) in [6.07, 6.45) is 0.717. The molecule has 1 aliphatic rings. The lowest BCUT2D eigenvalue weighted by Gasteiger charge is -2.39. The van der Waals surface area contributed by atoms with Crippen LogP contribution in [-0.2, 0) is 17.8 Å². The number of halogens is 1. The van der Waals surface area contributed by atoms with Crippen LogP contribution in [0.15, 0.2) is 59.0 Å². The fourth-order valence-corrected chi connectivity index (χ4v) is 4.34. The van der Waals surface area contributed by atoms with Crippen LogP contribution in [0.3, 0.4) is 0 Å². The number of nitrogens with zero attached hydrogens (tertiary/aromatic N) is 2. The van der Waals surface area contributed by atoms with E-state index < -0.39 is 6.04 Å². The minimum atomic E-state index is -0.398. The smallest absolute Gasteiger partial charge is 0.289 e. The van der Waals surface area contributed by atoms with Crippen molar-refractivity contribution in [1.82, 2.24) is 9.80 Å². The molecule has 0 saturated heterocycles. The van der Waals surface area contributed by atoms with Gasteiger partial charge in [-0.15, -0.1) is 0 Å². The quantitative estimate of drug-likeness (QED) is 0.467. The maximum Gasteiger partial charge on any atom is 0.289 e. The molecule has 7 heteroatoms. The van der Waals surface area contributed by atoms with Crippen LogP contribution >= 0.6 is 0 Å². The number of amides is 2. The number of furan rings is 1. The third-order valence-electron chi connectivity index (χ3n) is 6.36. The van der Waals surface area contributed by atoms with E-state index in [1.807, 2.05) is 49.9 Å². The predicted molar refractivity (Wildman–Crippen MR) is 131 cm³/mol. The summed E-state index contributed by atoms with van der Waals surface area (Å²) in [4.78, 5) is 28.7. The van der Waals surface area contributed by atoms with Crippen LogP contribution in [0.4, 0.5) is 4.39 Å². The molecule has 184 valence electrons. The molecule has 1 unspecified atom stereocenters. The molecule has 4 rings (SSSR count). The Labute approximate surface area is 205 Å². The maximum atomic E-state index is 14.1. The summed E-state index contributed by atoms with van der Waals surface area (Å²) in [5.41, 5.74) is 2.76. The molecule has 0 N–H and O–H groups in total. The number of hydrogen-bond donors (Lipinski definition) is 0. The lowest BCUT2D eigenvalue weighted by Crippen LogP contribution is -2.42. The predicted octanol–water partition coefficient (Wildman–Crippen LogP) is 5.22. The van der Waals surface area contributed by atoms with Gasteiger partial charge in [0, 0.05) is 26.1 Å². The van der Waals surface area contributed by atoms with Crippen LogP contribution in [0.1, 0.15) is 59.8 Å². The Hall–Kier alpha value is -3.61. The number of fused-ring (bicyclic) bond motifs is 1. The van der Waals surface area contributed by atoms with Gasteiger partial charge in [-0.2, -0.15) is 0 Å². The van der Waals surface area contributed by atoms with Gasteiger partial charge in [-0.25, -0.2) is 4.39 Å². The Balaban J connectivity index is 1.60. The fraction of sp³-hybridized carbons (Fsp3) is 0.357. The highest BCUT2D eigenvalue weighted by Gasteiger charge is 2.33. The zero-order chi connectivity index (χ0) is 25.1. The molecule has 6 nitrogen and oxygen atoms in total. The Morgan fingerprint density at radius 1 is 1.17 bits per heavy atom. The van der Waals surface area contributed by atoms with Crippen molar-refractivity contribution in [1.29, 1.82) is 0 Å². The minimum Gasteiger partial charge on any atom is -0.486 e. The Kier molecular flexibility index (Phi) is 7.24. The Morgan fingerprint density at radius 3 is 2.69 bits per heavy atom. The number of hydrogen-bond acceptors (Lipinski definition) is 4. The van der Waals surface area contributed by atoms with Crippen molar-refractivity contribution in [3.63, 3.8) is 0 Å². The van der Waals surface area contributed by atoms with Gasteiger partial charge in [-0.05, 0) is 66.4 Å². The summed E-state index contributed by atoms with van der Waals surface area (Å²) in [5.74, 6) is 0.757. The molecule has 35 heavy (non-hydrogen) atoms. The molecule has 2 heterocycles. The van der Waals surface area contributed by atoms with E-state index in [-0.39, 0.29) is 35.9 Å². The Morgan fingerprint density at radius 2 is 1.97 bits per heavy atom. The highest BCUT2D eigenvalue weighted by atomic mass is 19.1. The first-order chi connectivity index (χ1) is 16.8. The molecule has 3 aromatic rings. The molecular formula is C28H31FN2O4. The van der Waals surface area contributed by atoms with Gasteiger partial charge in [0.15, 0.2) is 5.76 Å². The van der Waals surface area contributed by atoms with Crippen LogP contribution in [-0.4, -0.2) is 41.8 Å². The number of ether oxygens (including phenoxy) is 1. The first kappa shape index (κ1) is 24.5. The summed E-state index contributed by atoms with van der Waals surface area (Å²) in [6, 6.07) is 15.2. The van der Waals surface area contributed by atoms with E-state index in [0.29, 0.717) is 31.0 Å². The highest BCUT2D eigenvalue weighted by Crippen LogP contribution is 2.38. The second kappa shape index (κ2) is 10.3. The monoisotopic (exact) mass is 478 g/mol. The van der Waals surface area contributed by atoms with E-state index in [1.54, 1.807) is 30.1 Å². The molecule has 0 saturated carbocycles. The molecule has 0 radical (unpaired) electrons. The van der Waals surface area contributed by atoms with Crippen molar-refractivity contribution in [2.45, 2.75) is 39.8 Å². The van der Waals surface area contributed by atoms with Gasteiger partial charge in [0.25, 0.3) is 5.91 Å². The number of benzene rings is 2. The molecule has 2 aromatic carbocycles. The summed E-state index contributed by atoms with van der Waals surface area (Å²) in [6.45, 7) is 6.96. The molecule has 0 spiro atoms. The highest BCUT2D eigenvalue weighted by molar-refractivity contribution is 5.91. The van der Waals surface area contributed by atoms with Gasteiger partial charge >= 0.3 is 0 Å². The molecule has 0 aliphatic carbocycles. The normalized spacial score (nSPS) is 15.1. The van der Waals surface area contributed by atoms with E-state index in [4.69, 9.17) is 9.15 Å². The van der Waals surface area contributed by atoms with E-state index in [0.717, 1.165) is 16.7 Å². The van der Waals surface area contributed by atoms with Crippen molar-refractivity contribution >= 4 is 11.8 Å². The number of carbonyl (C=O) groups is 2. The van der Waals surface area contributed by atoms with Crippen molar-refractivity contribution in [3.05, 3.63) is 88.6 Å². The van der Waals surface area contributed by atoms with Gasteiger partial charge in [0.1, 0.15) is 23.9 Å². The van der Waals surface area contributed by atoms with Crippen LogP contribution in [0.25, 0.3) is 0 Å². The average Bonchev–Trinajstić information content (AvgIpc) is 3.34. The van der Waals surface area contributed by atoms with E-state index >= 15 is 0 Å². The van der Waals surface area contributed by atoms with Gasteiger partial charge in [-0.3, -0.25) is 9.59 Å². The van der Waals surface area contributed by atoms with Crippen molar-refractivity contribution in [2.24, 2.45) is 5.92 Å². The van der Waals surface area contributed by atoms with Crippen molar-refractivity contribution < 1.29 is 23.1 Å². The lowest BCUT2D eigenvalue weighted by molar-refractivity contribution is -0.136. The summed E-state index contributed by atoms with van der Waals surface area (Å²) < 4.78 is 25.8. The third kappa shape index (κ3) is 5.24. The van der Waals surface area contributed by atoms with E-state index in [1.165, 1.54) is 12.1 Å². The molecule has 0 fully saturated rings. The second-order valence-corrected chi connectivity index (χ2v) is 9.13. The minimum absolute atomic E-state index is 0.0288. The largest absolute Gasteiger partial charge is 0.486 e. The maximum absolute atomic E-state index is 14.1. The number of carbonyl (C=O) groups excluding carboxylic acids is 2. The average molecular weight is 479 g/mol. The van der Waals surface area contributed by atoms with Crippen LogP contribution in [0.5, 0.6) is 5.75 Å². The van der Waals surface area contributed by atoms with Gasteiger partial charge in [0.05, 0.1) is 6.04 Å². The summed E-state index contributed by atoms with van der Waals surface area (Å²) in [5, 5.41) is 0. The SMILES string of the molecule is CCN(C)C(=O)c1ccc(COc2ccc3c(c2)C(c2cccc(F)c2)N(C(=O)C(C)C)CC3)o1. The zero-order valence-electron chi connectivity index (χ0n) is 20.6. The number of rotatable bonds is 7. The first-order valence-corrected chi connectivity index (χ1v) is 11.9. The van der Waals surface area contributed by atoms with Gasteiger partial charge < -0.3 is 19.0 Å². The standard InChI is InChI=1S/C28H31FN2O4/c1-5-30(4)28(33)25-12-11-23(35-25)17-34-22-10-9-19-13-14-31(27(32)18(2)3)26(24(19)16-22)20-7-6-8-21(29)15-20/h6-12,15-16,18,26H,5,13-14,17H2,1-4H3. The third-order valence-corrected chi connectivity index (χ3v) is 6.36. The van der Waals surface area contributed by atoms with E-state index in [9.17, 15) is 14.0 Å². The molecule has 0 bridgehead atoms. The summed E-state index contributed by atoms with van der Waals surface area (Å²) in [7, 11) is 1.72. The van der Waals surface area contributed by atoms with Crippen molar-refractivity contribution in [2.75, 3.05) is 20.1 Å². The van der Waals surface area contributed by atoms with Gasteiger partial charge in [-0.1, -0.05) is 32.0 Å². The lowest BCUT2D eigenvalue weighted by atomic mass is 9.87. The second-order valence-electron chi connectivity index (χ2n) is 9.13. The first-order valence-electron chi connectivity index (χ1n) is 11.9.